The second-order valence-electron chi connectivity index (χ2n) is 6.40. The first-order valence-corrected chi connectivity index (χ1v) is 8.34. The average Bonchev–Trinajstić information content (AvgIpc) is 2.90. The predicted octanol–water partition coefficient (Wildman–Crippen LogP) is 3.69. The molecule has 2 aliphatic carbocycles. The Kier molecular flexibility index (Phi) is 5.97. The van der Waals surface area contributed by atoms with Gasteiger partial charge in [-0.3, -0.25) is 4.90 Å². The molecule has 2 atom stereocenters. The molecule has 0 aliphatic heterocycles. The van der Waals surface area contributed by atoms with Gasteiger partial charge in [-0.25, -0.2) is 0 Å². The van der Waals surface area contributed by atoms with Crippen molar-refractivity contribution in [2.24, 2.45) is 5.73 Å². The Balaban J connectivity index is 1.93. The molecular weight excluding hydrogens is 220 g/mol. The molecule has 2 fully saturated rings. The quantitative estimate of drug-likeness (QED) is 0.731. The van der Waals surface area contributed by atoms with Gasteiger partial charge in [0.25, 0.3) is 0 Å². The van der Waals surface area contributed by atoms with Crippen molar-refractivity contribution in [1.29, 1.82) is 0 Å². The highest BCUT2D eigenvalue weighted by Crippen LogP contribution is 2.30. The van der Waals surface area contributed by atoms with E-state index in [0.29, 0.717) is 12.1 Å². The molecule has 2 aliphatic rings. The molecule has 0 aromatic rings. The Bertz CT molecular complexity index is 223. The third-order valence-corrected chi connectivity index (χ3v) is 5.02. The lowest BCUT2D eigenvalue weighted by Gasteiger charge is -2.42. The molecule has 0 radical (unpaired) electrons. The van der Waals surface area contributed by atoms with E-state index in [1.807, 2.05) is 0 Å². The molecule has 0 aromatic carbocycles. The lowest BCUT2D eigenvalue weighted by Crippen LogP contribution is -2.53. The molecule has 2 rings (SSSR count). The average molecular weight is 252 g/mol. The highest BCUT2D eigenvalue weighted by atomic mass is 15.2. The predicted molar refractivity (Wildman–Crippen MR) is 78.7 cm³/mol. The minimum absolute atomic E-state index is 0.445. The SMILES string of the molecule is CCCCCN(C1CCCC1)[C@H]1CCCC[C@@H]1N. The summed E-state index contributed by atoms with van der Waals surface area (Å²) in [5, 5.41) is 0. The van der Waals surface area contributed by atoms with E-state index in [1.165, 1.54) is 77.2 Å². The van der Waals surface area contributed by atoms with E-state index in [1.54, 1.807) is 0 Å². The van der Waals surface area contributed by atoms with E-state index >= 15 is 0 Å². The van der Waals surface area contributed by atoms with Crippen LogP contribution in [0.4, 0.5) is 0 Å². The minimum atomic E-state index is 0.445. The number of nitrogens with two attached hydrogens (primary N) is 1. The zero-order chi connectivity index (χ0) is 12.8. The minimum Gasteiger partial charge on any atom is -0.326 e. The van der Waals surface area contributed by atoms with Gasteiger partial charge in [0.15, 0.2) is 0 Å². The summed E-state index contributed by atoms with van der Waals surface area (Å²) in [5.41, 5.74) is 6.41. The Hall–Kier alpha value is -0.0800. The summed E-state index contributed by atoms with van der Waals surface area (Å²) < 4.78 is 0. The summed E-state index contributed by atoms with van der Waals surface area (Å²) in [7, 11) is 0. The number of unbranched alkanes of at least 4 members (excludes halogenated alkanes) is 2. The molecule has 0 saturated heterocycles. The summed E-state index contributed by atoms with van der Waals surface area (Å²) >= 11 is 0. The molecule has 2 nitrogen and oxygen atoms in total. The second kappa shape index (κ2) is 7.49. The first kappa shape index (κ1) is 14.3. The lowest BCUT2D eigenvalue weighted by molar-refractivity contribution is 0.0894. The fourth-order valence-corrected chi connectivity index (χ4v) is 3.95. The normalized spacial score (nSPS) is 30.2. The zero-order valence-corrected chi connectivity index (χ0v) is 12.2. The number of hydrogen-bond acceptors (Lipinski definition) is 2. The number of hydrogen-bond donors (Lipinski definition) is 1. The van der Waals surface area contributed by atoms with Crippen LogP contribution in [0.15, 0.2) is 0 Å². The third kappa shape index (κ3) is 3.71. The molecule has 106 valence electrons. The van der Waals surface area contributed by atoms with Crippen LogP contribution in [-0.4, -0.2) is 29.6 Å². The molecule has 2 saturated carbocycles. The fourth-order valence-electron chi connectivity index (χ4n) is 3.95. The highest BCUT2D eigenvalue weighted by molar-refractivity contribution is 4.90. The molecule has 0 bridgehead atoms. The van der Waals surface area contributed by atoms with Crippen molar-refractivity contribution in [2.75, 3.05) is 6.54 Å². The summed E-state index contributed by atoms with van der Waals surface area (Å²) in [4.78, 5) is 2.83. The number of nitrogens with zero attached hydrogens (tertiary/aromatic N) is 1. The van der Waals surface area contributed by atoms with Gasteiger partial charge in [0.2, 0.25) is 0 Å². The van der Waals surface area contributed by atoms with Gasteiger partial charge >= 0.3 is 0 Å². The van der Waals surface area contributed by atoms with Crippen molar-refractivity contribution in [2.45, 2.75) is 95.7 Å². The van der Waals surface area contributed by atoms with Crippen molar-refractivity contribution in [3.8, 4) is 0 Å². The van der Waals surface area contributed by atoms with Crippen LogP contribution in [0.2, 0.25) is 0 Å². The first-order valence-electron chi connectivity index (χ1n) is 8.34. The standard InChI is InChI=1S/C16H32N2/c1-2-3-8-13-18(14-9-4-5-10-14)16-12-7-6-11-15(16)17/h14-16H,2-13,17H2,1H3/t15-,16-/m0/s1. The maximum atomic E-state index is 6.41. The monoisotopic (exact) mass is 252 g/mol. The van der Waals surface area contributed by atoms with Crippen LogP contribution in [0.3, 0.4) is 0 Å². The van der Waals surface area contributed by atoms with Crippen molar-refractivity contribution >= 4 is 0 Å². The van der Waals surface area contributed by atoms with E-state index in [-0.39, 0.29) is 0 Å². The Morgan fingerprint density at radius 2 is 1.61 bits per heavy atom. The van der Waals surface area contributed by atoms with Gasteiger partial charge in [-0.15, -0.1) is 0 Å². The van der Waals surface area contributed by atoms with E-state index in [0.717, 1.165) is 6.04 Å². The van der Waals surface area contributed by atoms with Crippen molar-refractivity contribution in [3.63, 3.8) is 0 Å². The maximum Gasteiger partial charge on any atom is 0.0250 e. The smallest absolute Gasteiger partial charge is 0.0250 e. The topological polar surface area (TPSA) is 29.3 Å². The molecular formula is C16H32N2. The summed E-state index contributed by atoms with van der Waals surface area (Å²) in [6, 6.07) is 2.00. The van der Waals surface area contributed by atoms with Crippen molar-refractivity contribution in [3.05, 3.63) is 0 Å². The Labute approximate surface area is 113 Å². The van der Waals surface area contributed by atoms with Gasteiger partial charge in [0, 0.05) is 18.1 Å². The Morgan fingerprint density at radius 1 is 0.944 bits per heavy atom. The lowest BCUT2D eigenvalue weighted by atomic mass is 9.88. The Morgan fingerprint density at radius 3 is 2.28 bits per heavy atom. The van der Waals surface area contributed by atoms with Gasteiger partial charge in [-0.05, 0) is 38.6 Å². The van der Waals surface area contributed by atoms with Crippen molar-refractivity contribution < 1.29 is 0 Å². The van der Waals surface area contributed by atoms with Crippen LogP contribution in [0.25, 0.3) is 0 Å². The second-order valence-corrected chi connectivity index (χ2v) is 6.40. The largest absolute Gasteiger partial charge is 0.326 e. The molecule has 18 heavy (non-hydrogen) atoms. The van der Waals surface area contributed by atoms with Crippen LogP contribution < -0.4 is 5.73 Å². The van der Waals surface area contributed by atoms with Crippen molar-refractivity contribution in [1.82, 2.24) is 4.90 Å². The summed E-state index contributed by atoms with van der Waals surface area (Å²) in [5.74, 6) is 0. The number of rotatable bonds is 6. The van der Waals surface area contributed by atoms with Gasteiger partial charge in [-0.2, -0.15) is 0 Å². The van der Waals surface area contributed by atoms with E-state index in [4.69, 9.17) is 5.73 Å². The third-order valence-electron chi connectivity index (χ3n) is 5.02. The summed E-state index contributed by atoms with van der Waals surface area (Å²) in [6.07, 6.45) is 15.2. The van der Waals surface area contributed by atoms with E-state index in [2.05, 4.69) is 11.8 Å². The van der Waals surface area contributed by atoms with Crippen LogP contribution in [-0.2, 0) is 0 Å². The molecule has 0 amide bonds. The molecule has 0 aromatic heterocycles. The maximum absolute atomic E-state index is 6.41. The molecule has 2 heteroatoms. The van der Waals surface area contributed by atoms with Crippen LogP contribution >= 0.6 is 0 Å². The van der Waals surface area contributed by atoms with Crippen LogP contribution in [0.5, 0.6) is 0 Å². The van der Waals surface area contributed by atoms with Gasteiger partial charge in [-0.1, -0.05) is 45.4 Å². The van der Waals surface area contributed by atoms with Crippen LogP contribution in [0.1, 0.15) is 77.6 Å². The van der Waals surface area contributed by atoms with Gasteiger partial charge < -0.3 is 5.73 Å². The zero-order valence-electron chi connectivity index (χ0n) is 12.2. The molecule has 0 spiro atoms. The molecule has 0 unspecified atom stereocenters. The fraction of sp³-hybridized carbons (Fsp3) is 1.00. The van der Waals surface area contributed by atoms with Gasteiger partial charge in [0.05, 0.1) is 0 Å². The first-order chi connectivity index (χ1) is 8.83. The van der Waals surface area contributed by atoms with E-state index < -0.39 is 0 Å². The highest BCUT2D eigenvalue weighted by Gasteiger charge is 2.32. The van der Waals surface area contributed by atoms with E-state index in [9.17, 15) is 0 Å². The molecule has 0 heterocycles. The summed E-state index contributed by atoms with van der Waals surface area (Å²) in [6.45, 7) is 3.60. The van der Waals surface area contributed by atoms with Gasteiger partial charge in [0.1, 0.15) is 0 Å². The van der Waals surface area contributed by atoms with Crippen LogP contribution in [0, 0.1) is 0 Å². The molecule has 2 N–H and O–H groups in total.